The van der Waals surface area contributed by atoms with Gasteiger partial charge < -0.3 is 15.1 Å². The Hall–Kier alpha value is -3.08. The third kappa shape index (κ3) is 4.30. The molecule has 2 amide bonds. The highest BCUT2D eigenvalue weighted by atomic mass is 16.3. The minimum absolute atomic E-state index is 0.0867. The number of amides is 2. The average Bonchev–Trinajstić information content (AvgIpc) is 3.14. The predicted molar refractivity (Wildman–Crippen MR) is 103 cm³/mol. The molecular formula is C21H23N3O2. The number of anilines is 1. The van der Waals surface area contributed by atoms with Gasteiger partial charge in [0.05, 0.1) is 6.26 Å². The molecule has 0 bridgehead atoms. The van der Waals surface area contributed by atoms with E-state index < -0.39 is 0 Å². The van der Waals surface area contributed by atoms with Crippen LogP contribution < -0.4 is 10.6 Å². The topological polar surface area (TPSA) is 67.2 Å². The fourth-order valence-corrected chi connectivity index (χ4v) is 2.62. The van der Waals surface area contributed by atoms with Crippen molar-refractivity contribution in [3.05, 3.63) is 72.1 Å². The van der Waals surface area contributed by atoms with Gasteiger partial charge in [-0.15, -0.1) is 0 Å². The fourth-order valence-electron chi connectivity index (χ4n) is 2.62. The van der Waals surface area contributed by atoms with Crippen molar-refractivity contribution in [3.8, 4) is 11.5 Å². The zero-order valence-corrected chi connectivity index (χ0v) is 15.2. The van der Waals surface area contributed by atoms with Crippen LogP contribution in [0.3, 0.4) is 0 Å². The lowest BCUT2D eigenvalue weighted by Gasteiger charge is -2.19. The third-order valence-corrected chi connectivity index (χ3v) is 4.09. The van der Waals surface area contributed by atoms with Crippen LogP contribution in [0.4, 0.5) is 10.5 Å². The van der Waals surface area contributed by atoms with Gasteiger partial charge >= 0.3 is 6.03 Å². The predicted octanol–water partition coefficient (Wildman–Crippen LogP) is 4.96. The maximum Gasteiger partial charge on any atom is 0.319 e. The molecule has 0 saturated carbocycles. The van der Waals surface area contributed by atoms with E-state index in [0.29, 0.717) is 12.3 Å². The second-order valence-electron chi connectivity index (χ2n) is 7.12. The quantitative estimate of drug-likeness (QED) is 0.699. The van der Waals surface area contributed by atoms with Crippen LogP contribution in [0.2, 0.25) is 0 Å². The molecule has 0 aliphatic heterocycles. The van der Waals surface area contributed by atoms with E-state index in [4.69, 9.17) is 4.42 Å². The normalized spacial score (nSPS) is 11.2. The largest absolute Gasteiger partial charge is 0.463 e. The first-order valence-electron chi connectivity index (χ1n) is 8.56. The van der Waals surface area contributed by atoms with Crippen LogP contribution in [-0.2, 0) is 12.0 Å². The lowest BCUT2D eigenvalue weighted by molar-refractivity contribution is 0.251. The Morgan fingerprint density at radius 1 is 1.08 bits per heavy atom. The smallest absolute Gasteiger partial charge is 0.319 e. The molecule has 1 aromatic carbocycles. The highest BCUT2D eigenvalue weighted by Gasteiger charge is 2.13. The molecule has 134 valence electrons. The first-order valence-corrected chi connectivity index (χ1v) is 8.56. The first-order chi connectivity index (χ1) is 12.4. The Balaban J connectivity index is 1.62. The molecule has 0 unspecified atom stereocenters. The molecule has 3 rings (SSSR count). The van der Waals surface area contributed by atoms with Crippen LogP contribution in [0.15, 0.2) is 65.4 Å². The van der Waals surface area contributed by atoms with Crippen molar-refractivity contribution >= 4 is 11.7 Å². The highest BCUT2D eigenvalue weighted by Crippen LogP contribution is 2.24. The molecule has 5 heteroatoms. The molecule has 2 heterocycles. The number of carbonyl (C=O) groups excluding carboxylic acids is 1. The van der Waals surface area contributed by atoms with Gasteiger partial charge in [0, 0.05) is 24.0 Å². The summed E-state index contributed by atoms with van der Waals surface area (Å²) in [5, 5.41) is 5.71. The third-order valence-electron chi connectivity index (χ3n) is 4.09. The number of hydrogen-bond donors (Lipinski definition) is 2. The van der Waals surface area contributed by atoms with Crippen molar-refractivity contribution in [2.75, 3.05) is 5.32 Å². The molecule has 0 aliphatic carbocycles. The van der Waals surface area contributed by atoms with E-state index in [1.807, 2.05) is 48.5 Å². The fraction of sp³-hybridized carbons (Fsp3) is 0.238. The molecule has 0 aliphatic rings. The first kappa shape index (κ1) is 17.7. The molecule has 5 nitrogen and oxygen atoms in total. The number of nitrogens with zero attached hydrogens (tertiary/aromatic N) is 1. The Morgan fingerprint density at radius 2 is 1.85 bits per heavy atom. The number of pyridine rings is 1. The van der Waals surface area contributed by atoms with Crippen LogP contribution in [0, 0.1) is 0 Å². The summed E-state index contributed by atoms with van der Waals surface area (Å²) < 4.78 is 5.41. The van der Waals surface area contributed by atoms with Crippen molar-refractivity contribution in [1.29, 1.82) is 0 Å². The van der Waals surface area contributed by atoms with E-state index in [-0.39, 0.29) is 11.4 Å². The van der Waals surface area contributed by atoms with E-state index in [0.717, 1.165) is 16.9 Å². The Morgan fingerprint density at radius 3 is 2.50 bits per heavy atom. The minimum Gasteiger partial charge on any atom is -0.463 e. The van der Waals surface area contributed by atoms with Gasteiger partial charge in [-0.25, -0.2) is 4.79 Å². The van der Waals surface area contributed by atoms with Gasteiger partial charge in [0.15, 0.2) is 5.76 Å². The van der Waals surface area contributed by atoms with E-state index in [1.165, 1.54) is 5.56 Å². The average molecular weight is 349 g/mol. The van der Waals surface area contributed by atoms with Crippen molar-refractivity contribution < 1.29 is 9.21 Å². The number of carbonyl (C=O) groups is 1. The highest BCUT2D eigenvalue weighted by molar-refractivity contribution is 5.89. The van der Waals surface area contributed by atoms with Crippen LogP contribution >= 0.6 is 0 Å². The number of furan rings is 1. The Bertz CT molecular complexity index is 863. The van der Waals surface area contributed by atoms with Gasteiger partial charge in [0.1, 0.15) is 5.69 Å². The van der Waals surface area contributed by atoms with Crippen molar-refractivity contribution in [3.63, 3.8) is 0 Å². The van der Waals surface area contributed by atoms with Gasteiger partial charge in [-0.1, -0.05) is 39.0 Å². The number of aromatic nitrogens is 1. The summed E-state index contributed by atoms with van der Waals surface area (Å²) in [6.45, 7) is 6.84. The van der Waals surface area contributed by atoms with E-state index in [2.05, 4.69) is 36.4 Å². The zero-order valence-electron chi connectivity index (χ0n) is 15.2. The van der Waals surface area contributed by atoms with Crippen LogP contribution in [0.25, 0.3) is 11.5 Å². The maximum absolute atomic E-state index is 12.2. The van der Waals surface area contributed by atoms with Gasteiger partial charge in [0.2, 0.25) is 0 Å². The molecule has 2 aromatic heterocycles. The van der Waals surface area contributed by atoms with E-state index in [9.17, 15) is 4.79 Å². The second-order valence-corrected chi connectivity index (χ2v) is 7.12. The van der Waals surface area contributed by atoms with Gasteiger partial charge in [0.25, 0.3) is 0 Å². The summed E-state index contributed by atoms with van der Waals surface area (Å²) >= 11 is 0. The maximum atomic E-state index is 12.2. The minimum atomic E-state index is -0.261. The molecule has 0 radical (unpaired) electrons. The van der Waals surface area contributed by atoms with Crippen LogP contribution in [0.1, 0.15) is 31.9 Å². The van der Waals surface area contributed by atoms with Gasteiger partial charge in [-0.2, -0.15) is 0 Å². The Kier molecular flexibility index (Phi) is 5.07. The van der Waals surface area contributed by atoms with Gasteiger partial charge in [-0.05, 0) is 41.3 Å². The number of benzene rings is 1. The second kappa shape index (κ2) is 7.44. The van der Waals surface area contributed by atoms with Crippen molar-refractivity contribution in [2.45, 2.75) is 32.7 Å². The summed E-state index contributed by atoms with van der Waals surface area (Å²) in [5.74, 6) is 0.681. The standard InChI is InChI=1S/C21H23N3O2/c1-21(2,3)16-8-10-17(11-9-16)24-20(25)23-14-15-6-4-12-22-19(15)18-7-5-13-26-18/h4-13H,14H2,1-3H3,(H2,23,24,25). The lowest BCUT2D eigenvalue weighted by Crippen LogP contribution is -2.28. The summed E-state index contributed by atoms with van der Waals surface area (Å²) in [4.78, 5) is 16.5. The molecule has 0 spiro atoms. The molecule has 0 fully saturated rings. The molecule has 3 aromatic rings. The molecule has 0 saturated heterocycles. The SMILES string of the molecule is CC(C)(C)c1ccc(NC(=O)NCc2cccnc2-c2ccco2)cc1. The summed E-state index contributed by atoms with van der Waals surface area (Å²) in [6, 6.07) is 15.1. The summed E-state index contributed by atoms with van der Waals surface area (Å²) in [7, 11) is 0. The van der Waals surface area contributed by atoms with E-state index in [1.54, 1.807) is 12.5 Å². The zero-order chi connectivity index (χ0) is 18.6. The monoisotopic (exact) mass is 349 g/mol. The lowest BCUT2D eigenvalue weighted by atomic mass is 9.87. The van der Waals surface area contributed by atoms with Crippen molar-refractivity contribution in [2.24, 2.45) is 0 Å². The van der Waals surface area contributed by atoms with Crippen LogP contribution in [-0.4, -0.2) is 11.0 Å². The number of urea groups is 1. The van der Waals surface area contributed by atoms with Crippen LogP contribution in [0.5, 0.6) is 0 Å². The van der Waals surface area contributed by atoms with Crippen molar-refractivity contribution in [1.82, 2.24) is 10.3 Å². The summed E-state index contributed by atoms with van der Waals surface area (Å²) in [5.41, 5.74) is 3.69. The van der Waals surface area contributed by atoms with E-state index >= 15 is 0 Å². The molecular weight excluding hydrogens is 326 g/mol. The summed E-state index contributed by atoms with van der Waals surface area (Å²) in [6.07, 6.45) is 3.31. The molecule has 26 heavy (non-hydrogen) atoms. The Labute approximate surface area is 153 Å². The number of nitrogens with one attached hydrogen (secondary N) is 2. The number of rotatable bonds is 4. The molecule has 0 atom stereocenters. The number of hydrogen-bond acceptors (Lipinski definition) is 3. The molecule has 2 N–H and O–H groups in total. The van der Waals surface area contributed by atoms with Gasteiger partial charge in [-0.3, -0.25) is 4.98 Å².